The van der Waals surface area contributed by atoms with Gasteiger partial charge in [0.1, 0.15) is 18.3 Å². The number of hydrogen-bond donors (Lipinski definition) is 5. The third kappa shape index (κ3) is 9.00. The van der Waals surface area contributed by atoms with E-state index in [2.05, 4.69) is 6.92 Å². The highest BCUT2D eigenvalue weighted by molar-refractivity contribution is 5.83. The molecule has 0 fully saturated rings. The number of carboxylic acid groups (broad SMARTS) is 1. The molecule has 0 unspecified atom stereocenters. The fourth-order valence-electron chi connectivity index (χ4n) is 2.29. The van der Waals surface area contributed by atoms with Crippen molar-refractivity contribution in [3.8, 4) is 0 Å². The molecule has 5 N–H and O–H groups in total. The quantitative estimate of drug-likeness (QED) is 0.294. The molecule has 0 bridgehead atoms. The van der Waals surface area contributed by atoms with Crippen LogP contribution in [0.4, 0.5) is 0 Å². The fraction of sp³-hybridized carbons (Fsp3) is 0.875. The van der Waals surface area contributed by atoms with Crippen molar-refractivity contribution >= 4 is 11.8 Å². The first kappa shape index (κ1) is 22.0. The summed E-state index contributed by atoms with van der Waals surface area (Å²) < 4.78 is 0. The van der Waals surface area contributed by atoms with Crippen LogP contribution in [-0.4, -0.2) is 61.7 Å². The SMILES string of the molecule is CCCCCCCCCCC(=O)[C@@H](O)[C@H](O)[C@@H](O)[C@@H](O)C(=O)O. The van der Waals surface area contributed by atoms with Gasteiger partial charge in [-0.2, -0.15) is 0 Å². The molecule has 0 rings (SSSR count). The summed E-state index contributed by atoms with van der Waals surface area (Å²) >= 11 is 0. The summed E-state index contributed by atoms with van der Waals surface area (Å²) in [5, 5.41) is 46.2. The van der Waals surface area contributed by atoms with Crippen molar-refractivity contribution < 1.29 is 35.1 Å². The Morgan fingerprint density at radius 1 is 0.739 bits per heavy atom. The lowest BCUT2D eigenvalue weighted by Gasteiger charge is -2.23. The second kappa shape index (κ2) is 12.4. The minimum Gasteiger partial charge on any atom is -0.479 e. The van der Waals surface area contributed by atoms with Crippen LogP contribution in [0.3, 0.4) is 0 Å². The van der Waals surface area contributed by atoms with Gasteiger partial charge >= 0.3 is 5.97 Å². The normalized spacial score (nSPS) is 16.6. The minimum absolute atomic E-state index is 0.0447. The van der Waals surface area contributed by atoms with Crippen LogP contribution < -0.4 is 0 Å². The maximum absolute atomic E-state index is 11.7. The molecular weight excluding hydrogens is 304 g/mol. The lowest BCUT2D eigenvalue weighted by Crippen LogP contribution is -2.50. The Morgan fingerprint density at radius 3 is 1.65 bits per heavy atom. The van der Waals surface area contributed by atoms with Gasteiger partial charge in [0.05, 0.1) is 0 Å². The predicted octanol–water partition coefficient (Wildman–Crippen LogP) is 0.614. The lowest BCUT2D eigenvalue weighted by atomic mass is 9.97. The van der Waals surface area contributed by atoms with Gasteiger partial charge in [0, 0.05) is 6.42 Å². The number of carbonyl (C=O) groups excluding carboxylic acids is 1. The maximum atomic E-state index is 11.7. The molecule has 0 saturated heterocycles. The number of aliphatic hydroxyl groups excluding tert-OH is 4. The van der Waals surface area contributed by atoms with Gasteiger partial charge in [0.15, 0.2) is 11.9 Å². The number of carboxylic acids is 1. The van der Waals surface area contributed by atoms with Gasteiger partial charge in [-0.25, -0.2) is 4.79 Å². The van der Waals surface area contributed by atoms with Crippen molar-refractivity contribution in [1.29, 1.82) is 0 Å². The highest BCUT2D eigenvalue weighted by Crippen LogP contribution is 2.12. The summed E-state index contributed by atoms with van der Waals surface area (Å²) in [6.45, 7) is 2.15. The Balaban J connectivity index is 3.95. The highest BCUT2D eigenvalue weighted by atomic mass is 16.4. The first-order valence-electron chi connectivity index (χ1n) is 8.30. The predicted molar refractivity (Wildman–Crippen MR) is 83.9 cm³/mol. The Kier molecular flexibility index (Phi) is 11.9. The van der Waals surface area contributed by atoms with E-state index in [1.807, 2.05) is 0 Å². The Hall–Kier alpha value is -1.02. The minimum atomic E-state index is -2.25. The molecule has 136 valence electrons. The Bertz CT molecular complexity index is 345. The molecule has 7 nitrogen and oxygen atoms in total. The van der Waals surface area contributed by atoms with Crippen LogP contribution in [0.2, 0.25) is 0 Å². The number of aliphatic carboxylic acids is 1. The first-order chi connectivity index (χ1) is 10.8. The molecule has 0 radical (unpaired) electrons. The Morgan fingerprint density at radius 2 is 1.17 bits per heavy atom. The number of rotatable bonds is 14. The van der Waals surface area contributed by atoms with Crippen molar-refractivity contribution in [2.45, 2.75) is 89.1 Å². The zero-order valence-electron chi connectivity index (χ0n) is 13.7. The van der Waals surface area contributed by atoms with Gasteiger partial charge in [-0.15, -0.1) is 0 Å². The van der Waals surface area contributed by atoms with Crippen LogP contribution >= 0.6 is 0 Å². The van der Waals surface area contributed by atoms with Gasteiger partial charge in [0.25, 0.3) is 0 Å². The van der Waals surface area contributed by atoms with E-state index < -0.39 is 36.2 Å². The van der Waals surface area contributed by atoms with Crippen LogP contribution in [0.5, 0.6) is 0 Å². The first-order valence-corrected chi connectivity index (χ1v) is 8.30. The molecule has 0 aliphatic rings. The molecule has 0 spiro atoms. The van der Waals surface area contributed by atoms with E-state index in [4.69, 9.17) is 10.2 Å². The van der Waals surface area contributed by atoms with Gasteiger partial charge in [0.2, 0.25) is 0 Å². The van der Waals surface area contributed by atoms with Gasteiger partial charge in [-0.3, -0.25) is 4.79 Å². The monoisotopic (exact) mass is 334 g/mol. The maximum Gasteiger partial charge on any atom is 0.335 e. The van der Waals surface area contributed by atoms with E-state index in [0.717, 1.165) is 19.3 Å². The third-order valence-electron chi connectivity index (χ3n) is 3.86. The second-order valence-electron chi connectivity index (χ2n) is 5.90. The number of hydrogen-bond acceptors (Lipinski definition) is 6. The number of carbonyl (C=O) groups is 2. The number of ketones is 1. The molecule has 0 heterocycles. The topological polar surface area (TPSA) is 135 Å². The molecule has 0 aromatic heterocycles. The van der Waals surface area contributed by atoms with E-state index in [0.29, 0.717) is 6.42 Å². The zero-order chi connectivity index (χ0) is 17.8. The lowest BCUT2D eigenvalue weighted by molar-refractivity contribution is -0.165. The van der Waals surface area contributed by atoms with E-state index >= 15 is 0 Å². The molecule has 4 atom stereocenters. The second-order valence-corrected chi connectivity index (χ2v) is 5.90. The molecule has 0 aromatic rings. The molecule has 0 aromatic carbocycles. The number of unbranched alkanes of at least 4 members (excludes halogenated alkanes) is 7. The van der Waals surface area contributed by atoms with Gasteiger partial charge in [-0.1, -0.05) is 51.9 Å². The molecule has 23 heavy (non-hydrogen) atoms. The molecular formula is C16H30O7. The standard InChI is InChI=1S/C16H30O7/c1-2-3-4-5-6-7-8-9-10-11(17)12(18)13(19)14(20)15(21)16(22)23/h12-15,18-21H,2-10H2,1H3,(H,22,23)/t12-,13+,14-,15-/m1/s1. The van der Waals surface area contributed by atoms with E-state index in [1.54, 1.807) is 0 Å². The van der Waals surface area contributed by atoms with Crippen molar-refractivity contribution in [2.75, 3.05) is 0 Å². The van der Waals surface area contributed by atoms with Crippen molar-refractivity contribution in [2.24, 2.45) is 0 Å². The molecule has 0 aliphatic carbocycles. The smallest absolute Gasteiger partial charge is 0.335 e. The molecule has 0 saturated carbocycles. The largest absolute Gasteiger partial charge is 0.479 e. The van der Waals surface area contributed by atoms with Gasteiger partial charge < -0.3 is 25.5 Å². The van der Waals surface area contributed by atoms with Crippen molar-refractivity contribution in [3.05, 3.63) is 0 Å². The summed E-state index contributed by atoms with van der Waals surface area (Å²) in [6, 6.07) is 0. The van der Waals surface area contributed by atoms with E-state index in [9.17, 15) is 24.9 Å². The van der Waals surface area contributed by atoms with Crippen LogP contribution in [0, 0.1) is 0 Å². The van der Waals surface area contributed by atoms with E-state index in [-0.39, 0.29) is 6.42 Å². The van der Waals surface area contributed by atoms with Crippen molar-refractivity contribution in [3.63, 3.8) is 0 Å². The number of aliphatic hydroxyl groups is 4. The third-order valence-corrected chi connectivity index (χ3v) is 3.86. The molecule has 7 heteroatoms. The number of Topliss-reactive ketones (excluding diaryl/α,β-unsaturated/α-hetero) is 1. The van der Waals surface area contributed by atoms with Crippen LogP contribution in [0.1, 0.15) is 64.7 Å². The summed E-state index contributed by atoms with van der Waals surface area (Å²) in [6.07, 6.45) is 0.0417. The van der Waals surface area contributed by atoms with Crippen LogP contribution in [0.15, 0.2) is 0 Å². The van der Waals surface area contributed by atoms with E-state index in [1.165, 1.54) is 25.7 Å². The fourth-order valence-corrected chi connectivity index (χ4v) is 2.29. The highest BCUT2D eigenvalue weighted by Gasteiger charge is 2.36. The average molecular weight is 334 g/mol. The summed E-state index contributed by atoms with van der Waals surface area (Å²) in [5.74, 6) is -2.40. The van der Waals surface area contributed by atoms with Gasteiger partial charge in [-0.05, 0) is 6.42 Å². The Labute approximate surface area is 137 Å². The molecule has 0 amide bonds. The van der Waals surface area contributed by atoms with Crippen LogP contribution in [0.25, 0.3) is 0 Å². The van der Waals surface area contributed by atoms with Crippen molar-refractivity contribution in [1.82, 2.24) is 0 Å². The summed E-state index contributed by atoms with van der Waals surface area (Å²) in [4.78, 5) is 22.2. The zero-order valence-corrected chi connectivity index (χ0v) is 13.7. The summed E-state index contributed by atoms with van der Waals surface area (Å²) in [7, 11) is 0. The molecule has 0 aliphatic heterocycles. The average Bonchev–Trinajstić information content (AvgIpc) is 2.54. The summed E-state index contributed by atoms with van der Waals surface area (Å²) in [5.41, 5.74) is 0. The van der Waals surface area contributed by atoms with Crippen LogP contribution in [-0.2, 0) is 9.59 Å².